The highest BCUT2D eigenvalue weighted by Gasteiger charge is 2.31. The van der Waals surface area contributed by atoms with Crippen LogP contribution in [0.2, 0.25) is 5.15 Å². The van der Waals surface area contributed by atoms with Crippen LogP contribution in [0.25, 0.3) is 0 Å². The van der Waals surface area contributed by atoms with Gasteiger partial charge in [0.25, 0.3) is 5.91 Å². The smallest absolute Gasteiger partial charge is 0.257 e. The van der Waals surface area contributed by atoms with Gasteiger partial charge < -0.3 is 10.2 Å². The lowest BCUT2D eigenvalue weighted by atomic mass is 10.1. The number of halogens is 1. The standard InChI is InChI=1S/C18H18ClN3O3S/c1-22-9-14-17(18(22)23)13(8-16(19)21-14)20-12-6-5-11(10-3-4-10)7-15(12)26(2,24)25/h5-8,10H,3-4,9H2,1-2H3,(H,20,21). The van der Waals surface area contributed by atoms with E-state index in [1.165, 1.54) is 6.26 Å². The van der Waals surface area contributed by atoms with Crippen molar-refractivity contribution in [2.45, 2.75) is 30.2 Å². The number of aromatic nitrogens is 1. The van der Waals surface area contributed by atoms with E-state index in [0.717, 1.165) is 18.4 Å². The molecule has 4 rings (SSSR count). The number of sulfone groups is 1. The van der Waals surface area contributed by atoms with E-state index in [4.69, 9.17) is 11.6 Å². The Morgan fingerprint density at radius 1 is 1.23 bits per heavy atom. The molecule has 0 spiro atoms. The zero-order chi connectivity index (χ0) is 18.6. The molecule has 1 fully saturated rings. The molecule has 26 heavy (non-hydrogen) atoms. The molecule has 1 aromatic carbocycles. The number of hydrogen-bond donors (Lipinski definition) is 1. The predicted octanol–water partition coefficient (Wildman–Crippen LogP) is 3.35. The number of fused-ring (bicyclic) bond motifs is 1. The molecule has 1 aliphatic carbocycles. The number of hydrogen-bond acceptors (Lipinski definition) is 5. The quantitative estimate of drug-likeness (QED) is 0.808. The molecule has 2 heterocycles. The molecule has 8 heteroatoms. The van der Waals surface area contributed by atoms with Crippen LogP contribution < -0.4 is 5.32 Å². The monoisotopic (exact) mass is 391 g/mol. The highest BCUT2D eigenvalue weighted by molar-refractivity contribution is 7.90. The molecule has 1 aromatic heterocycles. The first-order valence-corrected chi connectivity index (χ1v) is 10.6. The van der Waals surface area contributed by atoms with Crippen molar-refractivity contribution >= 4 is 38.7 Å². The molecule has 0 saturated heterocycles. The van der Waals surface area contributed by atoms with Crippen LogP contribution in [0.15, 0.2) is 29.2 Å². The first-order chi connectivity index (χ1) is 12.2. The van der Waals surface area contributed by atoms with Gasteiger partial charge in [-0.05, 0) is 42.5 Å². The maximum absolute atomic E-state index is 12.4. The number of amides is 1. The summed E-state index contributed by atoms with van der Waals surface area (Å²) in [7, 11) is -1.75. The first-order valence-electron chi connectivity index (χ1n) is 8.30. The minimum absolute atomic E-state index is 0.165. The van der Waals surface area contributed by atoms with Crippen molar-refractivity contribution in [2.24, 2.45) is 0 Å². The van der Waals surface area contributed by atoms with Crippen molar-refractivity contribution < 1.29 is 13.2 Å². The van der Waals surface area contributed by atoms with Crippen LogP contribution in [0.1, 0.15) is 40.4 Å². The Morgan fingerprint density at radius 3 is 2.62 bits per heavy atom. The van der Waals surface area contributed by atoms with Gasteiger partial charge in [0.15, 0.2) is 9.84 Å². The number of nitrogens with zero attached hydrogens (tertiary/aromatic N) is 2. The van der Waals surface area contributed by atoms with E-state index in [1.807, 2.05) is 6.07 Å². The lowest BCUT2D eigenvalue weighted by Crippen LogP contribution is -2.18. The van der Waals surface area contributed by atoms with Crippen LogP contribution in [0.5, 0.6) is 0 Å². The van der Waals surface area contributed by atoms with Gasteiger partial charge in [0.2, 0.25) is 0 Å². The Labute approximate surface area is 157 Å². The van der Waals surface area contributed by atoms with Crippen LogP contribution in [-0.4, -0.2) is 37.5 Å². The summed E-state index contributed by atoms with van der Waals surface area (Å²) in [5, 5.41) is 3.36. The number of carbonyl (C=O) groups is 1. The van der Waals surface area contributed by atoms with Gasteiger partial charge in [-0.2, -0.15) is 0 Å². The molecule has 0 bridgehead atoms. The molecule has 6 nitrogen and oxygen atoms in total. The van der Waals surface area contributed by atoms with Crippen LogP contribution in [0.4, 0.5) is 11.4 Å². The highest BCUT2D eigenvalue weighted by Crippen LogP contribution is 2.42. The van der Waals surface area contributed by atoms with Gasteiger partial charge in [0.1, 0.15) is 5.15 Å². The molecule has 136 valence electrons. The number of carbonyl (C=O) groups excluding carboxylic acids is 1. The van der Waals surface area contributed by atoms with Gasteiger partial charge in [0, 0.05) is 13.3 Å². The normalized spacial score (nSPS) is 16.7. The van der Waals surface area contributed by atoms with Crippen molar-refractivity contribution in [1.82, 2.24) is 9.88 Å². The summed E-state index contributed by atoms with van der Waals surface area (Å²) in [6.07, 6.45) is 3.36. The van der Waals surface area contributed by atoms with Gasteiger partial charge in [-0.3, -0.25) is 4.79 Å². The van der Waals surface area contributed by atoms with Crippen molar-refractivity contribution in [3.8, 4) is 0 Å². The van der Waals surface area contributed by atoms with E-state index in [9.17, 15) is 13.2 Å². The van der Waals surface area contributed by atoms with Crippen LogP contribution >= 0.6 is 11.6 Å². The largest absolute Gasteiger partial charge is 0.354 e. The molecule has 1 amide bonds. The Bertz CT molecular complexity index is 1030. The molecule has 2 aromatic rings. The lowest BCUT2D eigenvalue weighted by Gasteiger charge is -2.15. The van der Waals surface area contributed by atoms with Crippen molar-refractivity contribution in [3.05, 3.63) is 46.2 Å². The third kappa shape index (κ3) is 3.05. The first kappa shape index (κ1) is 17.3. The van der Waals surface area contributed by atoms with E-state index < -0.39 is 9.84 Å². The van der Waals surface area contributed by atoms with Gasteiger partial charge in [-0.15, -0.1) is 0 Å². The maximum atomic E-state index is 12.4. The Balaban J connectivity index is 1.81. The van der Waals surface area contributed by atoms with E-state index >= 15 is 0 Å². The summed E-state index contributed by atoms with van der Waals surface area (Å²) in [6, 6.07) is 6.98. The van der Waals surface area contributed by atoms with E-state index in [0.29, 0.717) is 35.1 Å². The molecule has 1 saturated carbocycles. The SMILES string of the molecule is CN1Cc2nc(Cl)cc(Nc3ccc(C4CC4)cc3S(C)(=O)=O)c2C1=O. The number of nitrogens with one attached hydrogen (secondary N) is 1. The zero-order valence-electron chi connectivity index (χ0n) is 14.4. The molecule has 0 unspecified atom stereocenters. The lowest BCUT2D eigenvalue weighted by molar-refractivity contribution is 0.0817. The van der Waals surface area contributed by atoms with Crippen LogP contribution in [0, 0.1) is 0 Å². The fourth-order valence-corrected chi connectivity index (χ4v) is 4.35. The second-order valence-corrected chi connectivity index (χ2v) is 9.27. The summed E-state index contributed by atoms with van der Waals surface area (Å²) in [5.41, 5.74) is 2.96. The van der Waals surface area contributed by atoms with Crippen molar-refractivity contribution in [3.63, 3.8) is 0 Å². The summed E-state index contributed by atoms with van der Waals surface area (Å²) < 4.78 is 24.6. The molecule has 2 aliphatic rings. The second-order valence-electron chi connectivity index (χ2n) is 6.90. The number of benzene rings is 1. The molecular formula is C18H18ClN3O3S. The van der Waals surface area contributed by atoms with Gasteiger partial charge >= 0.3 is 0 Å². The maximum Gasteiger partial charge on any atom is 0.257 e. The number of pyridine rings is 1. The Kier molecular flexibility index (Phi) is 3.96. The van der Waals surface area contributed by atoms with Crippen molar-refractivity contribution in [2.75, 3.05) is 18.6 Å². The van der Waals surface area contributed by atoms with E-state index in [-0.39, 0.29) is 16.0 Å². The summed E-state index contributed by atoms with van der Waals surface area (Å²) in [5.74, 6) is 0.279. The Morgan fingerprint density at radius 2 is 1.96 bits per heavy atom. The predicted molar refractivity (Wildman–Crippen MR) is 99.9 cm³/mol. The fourth-order valence-electron chi connectivity index (χ4n) is 3.27. The minimum Gasteiger partial charge on any atom is -0.354 e. The molecule has 1 aliphatic heterocycles. The summed E-state index contributed by atoms with van der Waals surface area (Å²) >= 11 is 6.10. The van der Waals surface area contributed by atoms with E-state index in [2.05, 4.69) is 10.3 Å². The zero-order valence-corrected chi connectivity index (χ0v) is 16.0. The topological polar surface area (TPSA) is 79.4 Å². The fraction of sp³-hybridized carbons (Fsp3) is 0.333. The Hall–Kier alpha value is -2.12. The molecule has 1 N–H and O–H groups in total. The second kappa shape index (κ2) is 5.96. The molecular weight excluding hydrogens is 374 g/mol. The molecule has 0 atom stereocenters. The average molecular weight is 392 g/mol. The average Bonchev–Trinajstić information content (AvgIpc) is 3.34. The summed E-state index contributed by atoms with van der Waals surface area (Å²) in [4.78, 5) is 18.4. The van der Waals surface area contributed by atoms with Crippen molar-refractivity contribution in [1.29, 1.82) is 0 Å². The molecule has 0 radical (unpaired) electrons. The van der Waals surface area contributed by atoms with Crippen LogP contribution in [-0.2, 0) is 16.4 Å². The van der Waals surface area contributed by atoms with Gasteiger partial charge in [-0.25, -0.2) is 13.4 Å². The number of rotatable bonds is 4. The number of anilines is 2. The third-order valence-electron chi connectivity index (χ3n) is 4.73. The van der Waals surface area contributed by atoms with Gasteiger partial charge in [-0.1, -0.05) is 17.7 Å². The summed E-state index contributed by atoms with van der Waals surface area (Å²) in [6.45, 7) is 0.378. The highest BCUT2D eigenvalue weighted by atomic mass is 35.5. The third-order valence-corrected chi connectivity index (χ3v) is 6.06. The van der Waals surface area contributed by atoms with Crippen LogP contribution in [0.3, 0.4) is 0 Å². The van der Waals surface area contributed by atoms with Gasteiger partial charge in [0.05, 0.1) is 34.1 Å². The minimum atomic E-state index is -3.44. The van der Waals surface area contributed by atoms with E-state index in [1.54, 1.807) is 30.1 Å².